The molecule has 1 aromatic heterocycles. The predicted octanol–water partition coefficient (Wildman–Crippen LogP) is 3.70. The van der Waals surface area contributed by atoms with Crippen LogP contribution in [0.3, 0.4) is 0 Å². The molecule has 0 saturated carbocycles. The van der Waals surface area contributed by atoms with Gasteiger partial charge in [-0.25, -0.2) is 9.79 Å². The Morgan fingerprint density at radius 1 is 1.23 bits per heavy atom. The molecule has 0 spiro atoms. The number of rotatable bonds is 5. The first-order valence-corrected chi connectivity index (χ1v) is 11.4. The predicted molar refractivity (Wildman–Crippen MR) is 118 cm³/mol. The van der Waals surface area contributed by atoms with Crippen LogP contribution in [0, 0.1) is 0 Å². The van der Waals surface area contributed by atoms with Crippen LogP contribution in [0.15, 0.2) is 23.3 Å². The molecule has 5 rings (SSSR count). The second kappa shape index (κ2) is 7.70. The molecule has 1 N–H and O–H groups in total. The van der Waals surface area contributed by atoms with Gasteiger partial charge in [0.15, 0.2) is 0 Å². The Bertz CT molecular complexity index is 1020. The fraction of sp³-hybridized carbons (Fsp3) is 0.542. The highest BCUT2D eigenvalue weighted by atomic mass is 16.6. The van der Waals surface area contributed by atoms with Crippen LogP contribution in [0.1, 0.15) is 67.6 Å². The molecule has 7 nitrogen and oxygen atoms in total. The van der Waals surface area contributed by atoms with Crippen LogP contribution in [0.25, 0.3) is 0 Å². The number of aryl methyl sites for hydroxylation is 2. The zero-order chi connectivity index (χ0) is 21.6. The van der Waals surface area contributed by atoms with Crippen molar-refractivity contribution in [2.45, 2.75) is 70.9 Å². The van der Waals surface area contributed by atoms with E-state index in [0.717, 1.165) is 31.4 Å². The molecule has 0 radical (unpaired) electrons. The van der Waals surface area contributed by atoms with E-state index in [9.17, 15) is 4.79 Å². The molecule has 7 heteroatoms. The summed E-state index contributed by atoms with van der Waals surface area (Å²) in [6, 6.07) is 4.78. The van der Waals surface area contributed by atoms with Gasteiger partial charge in [0.05, 0.1) is 6.61 Å². The third kappa shape index (κ3) is 3.30. The molecular formula is C24H30N4O3. The zero-order valence-electron chi connectivity index (χ0n) is 18.5. The minimum Gasteiger partial charge on any atom is -0.463 e. The van der Waals surface area contributed by atoms with Gasteiger partial charge in [0.2, 0.25) is 0 Å². The summed E-state index contributed by atoms with van der Waals surface area (Å²) in [6.45, 7) is 6.31. The van der Waals surface area contributed by atoms with Gasteiger partial charge in [-0.05, 0) is 87.6 Å². The average molecular weight is 423 g/mol. The topological polar surface area (TPSA) is 77.7 Å². The first-order valence-electron chi connectivity index (χ1n) is 11.4. The lowest BCUT2D eigenvalue weighted by Gasteiger charge is -2.25. The third-order valence-corrected chi connectivity index (χ3v) is 6.58. The van der Waals surface area contributed by atoms with E-state index >= 15 is 0 Å². The number of aliphatic imine (C=N–C) groups is 1. The number of esters is 1. The number of hydrogen-bond donors (Lipinski definition) is 1. The zero-order valence-corrected chi connectivity index (χ0v) is 18.5. The van der Waals surface area contributed by atoms with Gasteiger partial charge >= 0.3 is 5.97 Å². The lowest BCUT2D eigenvalue weighted by atomic mass is 9.99. The molecule has 1 unspecified atom stereocenters. The molecule has 1 aliphatic heterocycles. The van der Waals surface area contributed by atoms with Gasteiger partial charge < -0.3 is 14.8 Å². The number of aromatic nitrogens is 2. The quantitative estimate of drug-likeness (QED) is 0.744. The average Bonchev–Trinajstić information content (AvgIpc) is 3.52. The van der Waals surface area contributed by atoms with Crippen molar-refractivity contribution in [1.29, 1.82) is 0 Å². The van der Waals surface area contributed by atoms with E-state index in [1.165, 1.54) is 35.1 Å². The number of anilines is 1. The lowest BCUT2D eigenvalue weighted by Crippen LogP contribution is -2.42. The molecule has 0 fully saturated rings. The van der Waals surface area contributed by atoms with Crippen LogP contribution < -0.4 is 5.32 Å². The van der Waals surface area contributed by atoms with Gasteiger partial charge in [0.25, 0.3) is 11.6 Å². The fourth-order valence-electron chi connectivity index (χ4n) is 4.98. The molecule has 0 bridgehead atoms. The molecular weight excluding hydrogens is 392 g/mol. The summed E-state index contributed by atoms with van der Waals surface area (Å²) in [5.41, 5.74) is 5.97. The summed E-state index contributed by atoms with van der Waals surface area (Å²) in [5, 5.41) is 8.09. The summed E-state index contributed by atoms with van der Waals surface area (Å²) in [7, 11) is 0. The summed E-state index contributed by atoms with van der Waals surface area (Å²) in [4.78, 5) is 17.6. The highest BCUT2D eigenvalue weighted by Gasteiger charge is 2.51. The van der Waals surface area contributed by atoms with Crippen molar-refractivity contribution in [1.82, 2.24) is 9.78 Å². The minimum absolute atomic E-state index is 0.153. The van der Waals surface area contributed by atoms with Crippen LogP contribution in [0.2, 0.25) is 0 Å². The van der Waals surface area contributed by atoms with Gasteiger partial charge in [-0.3, -0.25) is 4.68 Å². The van der Waals surface area contributed by atoms with Crippen molar-refractivity contribution < 1.29 is 14.3 Å². The van der Waals surface area contributed by atoms with E-state index in [0.29, 0.717) is 11.7 Å². The Balaban J connectivity index is 1.46. The van der Waals surface area contributed by atoms with Crippen LogP contribution in [-0.4, -0.2) is 34.9 Å². The second-order valence-corrected chi connectivity index (χ2v) is 8.90. The SMILES string of the molecule is CCOC(=O)C1(c2ccn(C(C)C)n2)CN=C(Nc2c3c(cc4c2CCC4)CCC3)O1. The van der Waals surface area contributed by atoms with Gasteiger partial charge in [-0.15, -0.1) is 0 Å². The van der Waals surface area contributed by atoms with E-state index in [1.54, 1.807) is 6.92 Å². The Hall–Kier alpha value is -2.83. The van der Waals surface area contributed by atoms with E-state index in [1.807, 2.05) is 30.8 Å². The number of hydrogen-bond acceptors (Lipinski definition) is 6. The van der Waals surface area contributed by atoms with Crippen molar-refractivity contribution >= 4 is 17.7 Å². The van der Waals surface area contributed by atoms with Crippen molar-refractivity contribution in [3.8, 4) is 0 Å². The van der Waals surface area contributed by atoms with E-state index in [4.69, 9.17) is 9.47 Å². The van der Waals surface area contributed by atoms with Crippen LogP contribution in [0.4, 0.5) is 5.69 Å². The molecule has 0 saturated heterocycles. The fourth-order valence-corrected chi connectivity index (χ4v) is 4.98. The van der Waals surface area contributed by atoms with Crippen molar-refractivity contribution in [3.63, 3.8) is 0 Å². The van der Waals surface area contributed by atoms with Gasteiger partial charge in [-0.1, -0.05) is 6.07 Å². The van der Waals surface area contributed by atoms with E-state index in [2.05, 4.69) is 21.5 Å². The van der Waals surface area contributed by atoms with Crippen LogP contribution in [-0.2, 0) is 45.6 Å². The number of carbonyl (C=O) groups is 1. The number of amidine groups is 1. The Kier molecular flexibility index (Phi) is 4.99. The summed E-state index contributed by atoms with van der Waals surface area (Å²) < 4.78 is 13.5. The monoisotopic (exact) mass is 422 g/mol. The molecule has 31 heavy (non-hydrogen) atoms. The molecule has 164 valence electrons. The molecule has 3 aliphatic rings. The first-order chi connectivity index (χ1) is 15.0. The third-order valence-electron chi connectivity index (χ3n) is 6.58. The van der Waals surface area contributed by atoms with Crippen LogP contribution >= 0.6 is 0 Å². The summed E-state index contributed by atoms with van der Waals surface area (Å²) >= 11 is 0. The number of carbonyl (C=O) groups excluding carboxylic acids is 1. The lowest BCUT2D eigenvalue weighted by molar-refractivity contribution is -0.162. The summed E-state index contributed by atoms with van der Waals surface area (Å²) in [5.74, 6) is -0.451. The highest BCUT2D eigenvalue weighted by Crippen LogP contribution is 2.40. The number of nitrogens with zero attached hydrogens (tertiary/aromatic N) is 3. The maximum atomic E-state index is 13.0. The Morgan fingerprint density at radius 3 is 2.55 bits per heavy atom. The van der Waals surface area contributed by atoms with Crippen molar-refractivity contribution in [2.24, 2.45) is 4.99 Å². The molecule has 2 aliphatic carbocycles. The maximum Gasteiger partial charge on any atom is 0.359 e. The van der Waals surface area contributed by atoms with E-state index < -0.39 is 11.6 Å². The molecule has 1 atom stereocenters. The summed E-state index contributed by atoms with van der Waals surface area (Å²) in [6.07, 6.45) is 8.63. The number of ether oxygens (including phenoxy) is 2. The van der Waals surface area contributed by atoms with E-state index in [-0.39, 0.29) is 19.2 Å². The number of benzene rings is 1. The second-order valence-electron chi connectivity index (χ2n) is 8.90. The highest BCUT2D eigenvalue weighted by molar-refractivity contribution is 5.96. The van der Waals surface area contributed by atoms with Gasteiger partial charge in [0.1, 0.15) is 12.2 Å². The Morgan fingerprint density at radius 2 is 1.94 bits per heavy atom. The van der Waals surface area contributed by atoms with Gasteiger partial charge in [-0.2, -0.15) is 5.10 Å². The minimum atomic E-state index is -1.35. The largest absolute Gasteiger partial charge is 0.463 e. The molecule has 2 aromatic rings. The maximum absolute atomic E-state index is 13.0. The Labute approximate surface area is 182 Å². The molecule has 0 amide bonds. The molecule has 2 heterocycles. The van der Waals surface area contributed by atoms with Crippen LogP contribution in [0.5, 0.6) is 0 Å². The first kappa shape index (κ1) is 20.1. The standard InChI is InChI=1S/C24H30N4O3/c1-4-30-22(29)24(20-11-12-28(27-20)15(2)3)14-25-23(31-24)26-21-18-9-5-7-16(18)13-17-8-6-10-19(17)21/h11-13,15H,4-10,14H2,1-3H3,(H,25,26). The van der Waals surface area contributed by atoms with Crippen molar-refractivity contribution in [3.05, 3.63) is 46.3 Å². The van der Waals surface area contributed by atoms with Gasteiger partial charge in [0, 0.05) is 17.9 Å². The van der Waals surface area contributed by atoms with Crippen molar-refractivity contribution in [2.75, 3.05) is 18.5 Å². The number of nitrogens with one attached hydrogen (secondary N) is 1. The normalized spacial score (nSPS) is 21.6. The smallest absolute Gasteiger partial charge is 0.359 e. The number of fused-ring (bicyclic) bond motifs is 2. The molecule has 1 aromatic carbocycles.